The summed E-state index contributed by atoms with van der Waals surface area (Å²) >= 11 is 1.84. The summed E-state index contributed by atoms with van der Waals surface area (Å²) < 4.78 is 5.38. The van der Waals surface area contributed by atoms with Crippen molar-refractivity contribution < 1.29 is 4.52 Å². The second-order valence-corrected chi connectivity index (χ2v) is 7.49. The van der Waals surface area contributed by atoms with Crippen LogP contribution in [0.3, 0.4) is 0 Å². The largest absolute Gasteiger partial charge is 0.351 e. The van der Waals surface area contributed by atoms with E-state index in [0.29, 0.717) is 23.8 Å². The second-order valence-electron chi connectivity index (χ2n) is 6.51. The number of likely N-dealkylation sites (tertiary alicyclic amines) is 1. The molecule has 0 spiro atoms. The molecule has 2 aromatic heterocycles. The zero-order chi connectivity index (χ0) is 17.1. The van der Waals surface area contributed by atoms with Crippen molar-refractivity contribution in [2.24, 2.45) is 5.92 Å². The molecule has 6 heteroatoms. The highest BCUT2D eigenvalue weighted by Crippen LogP contribution is 2.37. The van der Waals surface area contributed by atoms with E-state index in [1.807, 2.05) is 41.7 Å². The summed E-state index contributed by atoms with van der Waals surface area (Å²) in [6.45, 7) is 2.00. The molecule has 1 saturated heterocycles. The second kappa shape index (κ2) is 7.37. The number of anilines is 1. The molecule has 25 heavy (non-hydrogen) atoms. The molecule has 0 bridgehead atoms. The van der Waals surface area contributed by atoms with Gasteiger partial charge in [-0.3, -0.25) is 4.90 Å². The molecule has 4 rings (SSSR count). The van der Waals surface area contributed by atoms with Crippen molar-refractivity contribution in [1.29, 1.82) is 0 Å². The van der Waals surface area contributed by atoms with Gasteiger partial charge in [0.2, 0.25) is 0 Å². The maximum Gasteiger partial charge on any atom is 0.263 e. The van der Waals surface area contributed by atoms with E-state index in [9.17, 15) is 0 Å². The van der Waals surface area contributed by atoms with Crippen LogP contribution in [0.2, 0.25) is 0 Å². The van der Waals surface area contributed by atoms with Gasteiger partial charge < -0.3 is 9.84 Å². The van der Waals surface area contributed by atoms with E-state index in [-0.39, 0.29) is 0 Å². The molecule has 1 N–H and O–H groups in total. The van der Waals surface area contributed by atoms with Crippen LogP contribution in [-0.4, -0.2) is 35.2 Å². The molecule has 2 atom stereocenters. The van der Waals surface area contributed by atoms with E-state index in [2.05, 4.69) is 44.9 Å². The van der Waals surface area contributed by atoms with Gasteiger partial charge in [0.05, 0.1) is 0 Å². The van der Waals surface area contributed by atoms with Crippen molar-refractivity contribution in [3.05, 3.63) is 52.7 Å². The summed E-state index contributed by atoms with van der Waals surface area (Å²) in [6, 6.07) is 14.7. The summed E-state index contributed by atoms with van der Waals surface area (Å²) in [5.74, 6) is 1.66. The van der Waals surface area contributed by atoms with Crippen LogP contribution in [0.4, 0.5) is 5.95 Å². The highest BCUT2D eigenvalue weighted by Gasteiger charge is 2.31. The maximum atomic E-state index is 5.38. The van der Waals surface area contributed by atoms with Gasteiger partial charge in [0, 0.05) is 23.0 Å². The fraction of sp³-hybridized carbons (Fsp3) is 0.368. The van der Waals surface area contributed by atoms with E-state index in [4.69, 9.17) is 4.52 Å². The van der Waals surface area contributed by atoms with Crippen molar-refractivity contribution in [1.82, 2.24) is 15.0 Å². The number of nitrogens with one attached hydrogen (secondary N) is 1. The zero-order valence-corrected chi connectivity index (χ0v) is 15.1. The smallest absolute Gasteiger partial charge is 0.263 e. The quantitative estimate of drug-likeness (QED) is 0.740. The molecule has 130 valence electrons. The molecular formula is C19H22N4OS. The fourth-order valence-corrected chi connectivity index (χ4v) is 4.58. The van der Waals surface area contributed by atoms with Gasteiger partial charge in [0.15, 0.2) is 0 Å². The molecule has 3 heterocycles. The number of aromatic nitrogens is 2. The molecule has 0 saturated carbocycles. The van der Waals surface area contributed by atoms with Gasteiger partial charge in [0.1, 0.15) is 0 Å². The minimum Gasteiger partial charge on any atom is -0.351 e. The van der Waals surface area contributed by atoms with E-state index < -0.39 is 0 Å². The van der Waals surface area contributed by atoms with Gasteiger partial charge >= 0.3 is 0 Å². The number of thiophene rings is 1. The Morgan fingerprint density at radius 2 is 2.12 bits per heavy atom. The third-order valence-corrected chi connectivity index (χ3v) is 5.75. The van der Waals surface area contributed by atoms with Crippen LogP contribution in [0.15, 0.2) is 52.4 Å². The lowest BCUT2D eigenvalue weighted by Gasteiger charge is -2.38. The van der Waals surface area contributed by atoms with E-state index in [1.54, 1.807) is 0 Å². The molecule has 5 nitrogen and oxygen atoms in total. The third kappa shape index (κ3) is 3.60. The predicted molar refractivity (Wildman–Crippen MR) is 101 cm³/mol. The minimum absolute atomic E-state index is 0.460. The fourth-order valence-electron chi connectivity index (χ4n) is 3.60. The topological polar surface area (TPSA) is 54.2 Å². The third-order valence-electron chi connectivity index (χ3n) is 4.81. The first-order valence-corrected chi connectivity index (χ1v) is 9.56. The first-order valence-electron chi connectivity index (χ1n) is 8.68. The number of nitrogens with zero attached hydrogens (tertiary/aromatic N) is 3. The van der Waals surface area contributed by atoms with Gasteiger partial charge in [-0.1, -0.05) is 24.3 Å². The number of benzene rings is 1. The molecule has 1 aliphatic heterocycles. The van der Waals surface area contributed by atoms with E-state index in [0.717, 1.165) is 18.7 Å². The molecular weight excluding hydrogens is 332 g/mol. The zero-order valence-electron chi connectivity index (χ0n) is 14.3. The monoisotopic (exact) mass is 354 g/mol. The summed E-state index contributed by atoms with van der Waals surface area (Å²) in [6.07, 6.45) is 2.44. The Morgan fingerprint density at radius 1 is 1.24 bits per heavy atom. The van der Waals surface area contributed by atoms with Gasteiger partial charge in [-0.25, -0.2) is 0 Å². The van der Waals surface area contributed by atoms with E-state index in [1.165, 1.54) is 17.7 Å². The molecule has 1 aliphatic rings. The first-order chi connectivity index (χ1) is 12.3. The number of rotatable bonds is 5. The average molecular weight is 354 g/mol. The van der Waals surface area contributed by atoms with Crippen molar-refractivity contribution in [2.45, 2.75) is 18.9 Å². The van der Waals surface area contributed by atoms with Crippen LogP contribution in [0.1, 0.15) is 23.8 Å². The van der Waals surface area contributed by atoms with Gasteiger partial charge in [-0.05, 0) is 61.1 Å². The van der Waals surface area contributed by atoms with Crippen molar-refractivity contribution in [3.63, 3.8) is 0 Å². The molecule has 1 aromatic carbocycles. The van der Waals surface area contributed by atoms with Crippen LogP contribution in [0.25, 0.3) is 11.5 Å². The first kappa shape index (κ1) is 16.3. The maximum absolute atomic E-state index is 5.38. The Hall–Kier alpha value is -2.18. The summed E-state index contributed by atoms with van der Waals surface area (Å²) in [7, 11) is 2.22. The van der Waals surface area contributed by atoms with Crippen LogP contribution >= 0.6 is 11.3 Å². The summed E-state index contributed by atoms with van der Waals surface area (Å²) in [5.41, 5.74) is 0.942. The Labute approximate surface area is 151 Å². The Morgan fingerprint density at radius 3 is 2.92 bits per heavy atom. The number of hydrogen-bond acceptors (Lipinski definition) is 6. The highest BCUT2D eigenvalue weighted by atomic mass is 32.1. The lowest BCUT2D eigenvalue weighted by atomic mass is 9.88. The summed E-state index contributed by atoms with van der Waals surface area (Å²) in [4.78, 5) is 8.37. The Balaban J connectivity index is 1.44. The lowest BCUT2D eigenvalue weighted by Crippen LogP contribution is -2.38. The summed E-state index contributed by atoms with van der Waals surface area (Å²) in [5, 5.41) is 9.61. The normalized spacial score (nSPS) is 21.3. The molecule has 0 radical (unpaired) electrons. The van der Waals surface area contributed by atoms with Gasteiger partial charge in [-0.2, -0.15) is 4.98 Å². The standard InChI is InChI=1S/C19H22N4OS/c1-23-11-5-9-15(17(23)16-10-6-12-25-16)13-20-19-21-18(24-22-19)14-7-3-2-4-8-14/h2-4,6-8,10,12,15,17H,5,9,11,13H2,1H3,(H,20,22). The van der Waals surface area contributed by atoms with Crippen LogP contribution in [0, 0.1) is 5.92 Å². The highest BCUT2D eigenvalue weighted by molar-refractivity contribution is 7.10. The van der Waals surface area contributed by atoms with E-state index >= 15 is 0 Å². The molecule has 0 aliphatic carbocycles. The molecule has 3 aromatic rings. The lowest BCUT2D eigenvalue weighted by molar-refractivity contribution is 0.130. The average Bonchev–Trinajstić information content (AvgIpc) is 3.33. The molecule has 1 fully saturated rings. The van der Waals surface area contributed by atoms with Crippen molar-refractivity contribution >= 4 is 17.3 Å². The van der Waals surface area contributed by atoms with Crippen molar-refractivity contribution in [2.75, 3.05) is 25.5 Å². The SMILES string of the molecule is CN1CCCC(CNc2noc(-c3ccccc3)n2)C1c1cccs1. The number of hydrogen-bond donors (Lipinski definition) is 1. The predicted octanol–water partition coefficient (Wildman–Crippen LogP) is 4.29. The van der Waals surface area contributed by atoms with Crippen LogP contribution < -0.4 is 5.32 Å². The van der Waals surface area contributed by atoms with Gasteiger partial charge in [0.25, 0.3) is 11.8 Å². The minimum atomic E-state index is 0.460. The Bertz CT molecular complexity index is 787. The van der Waals surface area contributed by atoms with Crippen LogP contribution in [0.5, 0.6) is 0 Å². The number of piperidine rings is 1. The molecule has 0 amide bonds. The van der Waals surface area contributed by atoms with Gasteiger partial charge in [-0.15, -0.1) is 11.3 Å². The van der Waals surface area contributed by atoms with Crippen molar-refractivity contribution in [3.8, 4) is 11.5 Å². The van der Waals surface area contributed by atoms with Crippen LogP contribution in [-0.2, 0) is 0 Å². The molecule has 2 unspecified atom stereocenters. The Kier molecular flexibility index (Phi) is 4.81.